The third-order valence-corrected chi connectivity index (χ3v) is 3.96. The summed E-state index contributed by atoms with van der Waals surface area (Å²) in [4.78, 5) is 11.5. The molecule has 1 amide bonds. The number of rotatable bonds is 6. The standard InChI is InChI=1S/C11H14ClNO4S/c12-9-2-4-10(5-3-9)13-11(15)8-18(16,17)7-1-6-14/h2-5,14H,1,6-8H2,(H,13,15). The summed E-state index contributed by atoms with van der Waals surface area (Å²) in [5, 5.41) is 11.5. The Balaban J connectivity index is 2.54. The van der Waals surface area contributed by atoms with Crippen LogP contribution in [-0.4, -0.2) is 37.5 Å². The van der Waals surface area contributed by atoms with E-state index in [-0.39, 0.29) is 18.8 Å². The van der Waals surface area contributed by atoms with Gasteiger partial charge in [-0.25, -0.2) is 8.42 Å². The van der Waals surface area contributed by atoms with Crippen molar-refractivity contribution in [3.63, 3.8) is 0 Å². The summed E-state index contributed by atoms with van der Waals surface area (Å²) in [6, 6.07) is 6.36. The summed E-state index contributed by atoms with van der Waals surface area (Å²) >= 11 is 5.68. The van der Waals surface area contributed by atoms with Gasteiger partial charge in [0, 0.05) is 17.3 Å². The van der Waals surface area contributed by atoms with Crippen LogP contribution >= 0.6 is 11.6 Å². The molecule has 0 saturated carbocycles. The third-order valence-electron chi connectivity index (χ3n) is 2.09. The van der Waals surface area contributed by atoms with Gasteiger partial charge in [0.15, 0.2) is 9.84 Å². The second-order valence-electron chi connectivity index (χ2n) is 3.72. The fraction of sp³-hybridized carbons (Fsp3) is 0.364. The molecule has 0 aliphatic rings. The molecule has 0 bridgehead atoms. The average Bonchev–Trinajstić information content (AvgIpc) is 2.29. The van der Waals surface area contributed by atoms with E-state index in [2.05, 4.69) is 5.32 Å². The lowest BCUT2D eigenvalue weighted by Gasteiger charge is -2.06. The molecule has 0 heterocycles. The molecule has 5 nitrogen and oxygen atoms in total. The molecule has 0 aliphatic carbocycles. The molecule has 0 radical (unpaired) electrons. The van der Waals surface area contributed by atoms with Crippen LogP contribution in [0, 0.1) is 0 Å². The maximum absolute atomic E-state index is 11.5. The molecule has 0 saturated heterocycles. The van der Waals surface area contributed by atoms with E-state index in [1.54, 1.807) is 24.3 Å². The molecule has 1 aromatic carbocycles. The number of sulfone groups is 1. The van der Waals surface area contributed by atoms with E-state index in [4.69, 9.17) is 16.7 Å². The van der Waals surface area contributed by atoms with Crippen LogP contribution in [0.1, 0.15) is 6.42 Å². The van der Waals surface area contributed by atoms with Crippen molar-refractivity contribution in [3.05, 3.63) is 29.3 Å². The van der Waals surface area contributed by atoms with Gasteiger partial charge < -0.3 is 10.4 Å². The van der Waals surface area contributed by atoms with Gasteiger partial charge in [0.1, 0.15) is 5.75 Å². The Morgan fingerprint density at radius 1 is 1.28 bits per heavy atom. The van der Waals surface area contributed by atoms with E-state index < -0.39 is 21.5 Å². The number of anilines is 1. The molecule has 18 heavy (non-hydrogen) atoms. The summed E-state index contributed by atoms with van der Waals surface area (Å²) < 4.78 is 22.9. The average molecular weight is 292 g/mol. The van der Waals surface area contributed by atoms with Gasteiger partial charge in [0.2, 0.25) is 5.91 Å². The first-order valence-electron chi connectivity index (χ1n) is 5.29. The van der Waals surface area contributed by atoms with Crippen molar-refractivity contribution in [2.24, 2.45) is 0 Å². The lowest BCUT2D eigenvalue weighted by Crippen LogP contribution is -2.25. The number of benzene rings is 1. The molecule has 0 aromatic heterocycles. The molecule has 2 N–H and O–H groups in total. The van der Waals surface area contributed by atoms with Crippen molar-refractivity contribution < 1.29 is 18.3 Å². The van der Waals surface area contributed by atoms with Gasteiger partial charge in [-0.3, -0.25) is 4.79 Å². The maximum atomic E-state index is 11.5. The smallest absolute Gasteiger partial charge is 0.239 e. The number of nitrogens with one attached hydrogen (secondary N) is 1. The Bertz CT molecular complexity index is 498. The minimum absolute atomic E-state index is 0.135. The second-order valence-corrected chi connectivity index (χ2v) is 6.34. The summed E-state index contributed by atoms with van der Waals surface area (Å²) in [5.41, 5.74) is 0.488. The van der Waals surface area contributed by atoms with Crippen molar-refractivity contribution in [2.45, 2.75) is 6.42 Å². The lowest BCUT2D eigenvalue weighted by atomic mass is 10.3. The molecule has 100 valence electrons. The zero-order valence-electron chi connectivity index (χ0n) is 9.60. The van der Waals surface area contributed by atoms with Crippen molar-refractivity contribution >= 4 is 33.0 Å². The van der Waals surface area contributed by atoms with Crippen molar-refractivity contribution in [3.8, 4) is 0 Å². The van der Waals surface area contributed by atoms with Gasteiger partial charge in [-0.1, -0.05) is 11.6 Å². The molecule has 0 atom stereocenters. The monoisotopic (exact) mass is 291 g/mol. The second kappa shape index (κ2) is 6.72. The third kappa shape index (κ3) is 5.48. The number of amides is 1. The number of hydrogen-bond donors (Lipinski definition) is 2. The highest BCUT2D eigenvalue weighted by atomic mass is 35.5. The van der Waals surface area contributed by atoms with Crippen molar-refractivity contribution in [1.29, 1.82) is 0 Å². The van der Waals surface area contributed by atoms with Gasteiger partial charge >= 0.3 is 0 Å². The fourth-order valence-corrected chi connectivity index (χ4v) is 2.60. The molecule has 7 heteroatoms. The largest absolute Gasteiger partial charge is 0.396 e. The first kappa shape index (κ1) is 14.9. The van der Waals surface area contributed by atoms with E-state index in [0.717, 1.165) is 0 Å². The van der Waals surface area contributed by atoms with Gasteiger partial charge in [0.05, 0.1) is 5.75 Å². The SMILES string of the molecule is O=C(CS(=O)(=O)CCCO)Nc1ccc(Cl)cc1. The Morgan fingerprint density at radius 2 is 1.89 bits per heavy atom. The van der Waals surface area contributed by atoms with Crippen LogP contribution in [0.15, 0.2) is 24.3 Å². The van der Waals surface area contributed by atoms with Gasteiger partial charge in [-0.15, -0.1) is 0 Å². The Morgan fingerprint density at radius 3 is 2.44 bits per heavy atom. The number of carbonyl (C=O) groups is 1. The normalized spacial score (nSPS) is 11.2. The van der Waals surface area contributed by atoms with Crippen LogP contribution in [0.25, 0.3) is 0 Å². The summed E-state index contributed by atoms with van der Waals surface area (Å²) in [7, 11) is -3.47. The summed E-state index contributed by atoms with van der Waals surface area (Å²) in [5.74, 6) is -1.39. The van der Waals surface area contributed by atoms with E-state index in [1.165, 1.54) is 0 Å². The van der Waals surface area contributed by atoms with E-state index in [0.29, 0.717) is 10.7 Å². The van der Waals surface area contributed by atoms with E-state index in [9.17, 15) is 13.2 Å². The molecule has 1 aromatic rings. The van der Waals surface area contributed by atoms with E-state index >= 15 is 0 Å². The molecule has 0 aliphatic heterocycles. The maximum Gasteiger partial charge on any atom is 0.239 e. The minimum atomic E-state index is -3.47. The quantitative estimate of drug-likeness (QED) is 0.821. The summed E-state index contributed by atoms with van der Waals surface area (Å²) in [6.45, 7) is -0.210. The minimum Gasteiger partial charge on any atom is -0.396 e. The highest BCUT2D eigenvalue weighted by molar-refractivity contribution is 7.92. The predicted molar refractivity (Wildman–Crippen MR) is 70.4 cm³/mol. The Hall–Kier alpha value is -1.11. The van der Waals surface area contributed by atoms with Crippen LogP contribution < -0.4 is 5.32 Å². The van der Waals surface area contributed by atoms with Crippen molar-refractivity contribution in [2.75, 3.05) is 23.4 Å². The molecule has 0 spiro atoms. The first-order chi connectivity index (χ1) is 8.43. The highest BCUT2D eigenvalue weighted by Crippen LogP contribution is 2.13. The van der Waals surface area contributed by atoms with Gasteiger partial charge in [-0.2, -0.15) is 0 Å². The van der Waals surface area contributed by atoms with Crippen LogP contribution in [-0.2, 0) is 14.6 Å². The van der Waals surface area contributed by atoms with E-state index in [1.807, 2.05) is 0 Å². The number of hydrogen-bond acceptors (Lipinski definition) is 4. The molecule has 0 fully saturated rings. The zero-order valence-corrected chi connectivity index (χ0v) is 11.2. The summed E-state index contributed by atoms with van der Waals surface area (Å²) in [6.07, 6.45) is 0.135. The number of carbonyl (C=O) groups excluding carboxylic acids is 1. The Kier molecular flexibility index (Phi) is 5.58. The first-order valence-corrected chi connectivity index (χ1v) is 7.49. The van der Waals surface area contributed by atoms with Crippen LogP contribution in [0.5, 0.6) is 0 Å². The Labute approximate surface area is 111 Å². The zero-order chi connectivity index (χ0) is 13.6. The van der Waals surface area contributed by atoms with Crippen LogP contribution in [0.4, 0.5) is 5.69 Å². The topological polar surface area (TPSA) is 83.5 Å². The molecule has 0 unspecified atom stereocenters. The highest BCUT2D eigenvalue weighted by Gasteiger charge is 2.16. The number of aliphatic hydroxyl groups is 1. The molecular weight excluding hydrogens is 278 g/mol. The van der Waals surface area contributed by atoms with Crippen LogP contribution in [0.2, 0.25) is 5.02 Å². The van der Waals surface area contributed by atoms with Crippen molar-refractivity contribution in [1.82, 2.24) is 0 Å². The fourth-order valence-electron chi connectivity index (χ4n) is 1.29. The molecular formula is C11H14ClNO4S. The van der Waals surface area contributed by atoms with Crippen LogP contribution in [0.3, 0.4) is 0 Å². The molecule has 1 rings (SSSR count). The van der Waals surface area contributed by atoms with Gasteiger partial charge in [-0.05, 0) is 30.7 Å². The lowest BCUT2D eigenvalue weighted by molar-refractivity contribution is -0.113. The predicted octanol–water partition coefficient (Wildman–Crippen LogP) is 1.08. The van der Waals surface area contributed by atoms with Gasteiger partial charge in [0.25, 0.3) is 0 Å². The number of halogens is 1. The number of aliphatic hydroxyl groups excluding tert-OH is 1.